The van der Waals surface area contributed by atoms with Gasteiger partial charge in [-0.15, -0.1) is 0 Å². The third-order valence-corrected chi connectivity index (χ3v) is 8.95. The van der Waals surface area contributed by atoms with Crippen molar-refractivity contribution in [1.29, 1.82) is 0 Å². The Labute approximate surface area is 208 Å². The molecule has 1 spiro atoms. The number of aromatic nitrogens is 2. The summed E-state index contributed by atoms with van der Waals surface area (Å²) in [7, 11) is 0. The van der Waals surface area contributed by atoms with Crippen molar-refractivity contribution in [1.82, 2.24) is 9.97 Å². The van der Waals surface area contributed by atoms with Gasteiger partial charge in [-0.25, -0.2) is 9.97 Å². The maximum Gasteiger partial charge on any atom is 0.172 e. The van der Waals surface area contributed by atoms with E-state index < -0.39 is 0 Å². The largest absolute Gasteiger partial charge is 0.487 e. The van der Waals surface area contributed by atoms with Crippen molar-refractivity contribution in [2.45, 2.75) is 76.8 Å². The molecule has 35 heavy (non-hydrogen) atoms. The number of ether oxygens (including phenoxy) is 2. The standard InChI is InChI=1S/C29H36N4O2/c1-18(2)22-5-9-30-26-24(22)34-15-20-11-19(14-32(20)26)12-28(3,4)23-6-10-31-27-25(23)35-16-21-13-29(7-8-29)17-33(21)27/h5-6,9-10,12,18,20-21H,7-8,11,13-17H2,1-4H3/b19-12-/t20-,21+/m0/s1. The van der Waals surface area contributed by atoms with Gasteiger partial charge in [0.1, 0.15) is 13.2 Å². The minimum atomic E-state index is -0.155. The molecule has 6 heteroatoms. The van der Waals surface area contributed by atoms with Crippen molar-refractivity contribution in [3.05, 3.63) is 47.3 Å². The lowest BCUT2D eigenvalue weighted by molar-refractivity contribution is 0.261. The summed E-state index contributed by atoms with van der Waals surface area (Å²) in [5, 5.41) is 0. The number of fused-ring (bicyclic) bond motifs is 6. The number of hydrogen-bond acceptors (Lipinski definition) is 6. The molecule has 0 bridgehead atoms. The highest BCUT2D eigenvalue weighted by atomic mass is 16.5. The van der Waals surface area contributed by atoms with Crippen LogP contribution in [-0.2, 0) is 5.41 Å². The third-order valence-electron chi connectivity index (χ3n) is 8.95. The molecule has 5 aliphatic rings. The van der Waals surface area contributed by atoms with E-state index in [2.05, 4.69) is 55.7 Å². The monoisotopic (exact) mass is 472 g/mol. The molecular formula is C29H36N4O2. The summed E-state index contributed by atoms with van der Waals surface area (Å²) in [6, 6.07) is 5.10. The molecule has 0 amide bonds. The predicted octanol–water partition coefficient (Wildman–Crippen LogP) is 5.23. The normalized spacial score (nSPS) is 26.8. The van der Waals surface area contributed by atoms with Crippen LogP contribution >= 0.6 is 0 Å². The first-order valence-corrected chi connectivity index (χ1v) is 13.3. The zero-order valence-electron chi connectivity index (χ0n) is 21.4. The molecule has 184 valence electrons. The first kappa shape index (κ1) is 21.5. The molecule has 0 N–H and O–H groups in total. The second-order valence-corrected chi connectivity index (χ2v) is 12.3. The molecule has 6 heterocycles. The molecule has 1 aliphatic carbocycles. The smallest absolute Gasteiger partial charge is 0.172 e. The molecule has 6 nitrogen and oxygen atoms in total. The van der Waals surface area contributed by atoms with Gasteiger partial charge in [-0.1, -0.05) is 39.3 Å². The van der Waals surface area contributed by atoms with Crippen LogP contribution in [0.2, 0.25) is 0 Å². The summed E-state index contributed by atoms with van der Waals surface area (Å²) in [6.45, 7) is 12.6. The van der Waals surface area contributed by atoms with Gasteiger partial charge in [0.25, 0.3) is 0 Å². The summed E-state index contributed by atoms with van der Waals surface area (Å²) in [5.41, 5.74) is 4.33. The van der Waals surface area contributed by atoms with E-state index in [1.807, 2.05) is 12.4 Å². The van der Waals surface area contributed by atoms with E-state index in [1.165, 1.54) is 36.0 Å². The lowest BCUT2D eigenvalue weighted by Gasteiger charge is -2.35. The molecule has 2 saturated heterocycles. The second kappa shape index (κ2) is 7.37. The molecule has 0 radical (unpaired) electrons. The Morgan fingerprint density at radius 3 is 2.49 bits per heavy atom. The minimum absolute atomic E-state index is 0.155. The van der Waals surface area contributed by atoms with Gasteiger partial charge in [0.15, 0.2) is 23.1 Å². The fourth-order valence-electron chi connectivity index (χ4n) is 6.92. The molecule has 0 unspecified atom stereocenters. The minimum Gasteiger partial charge on any atom is -0.487 e. The first-order valence-electron chi connectivity index (χ1n) is 13.3. The van der Waals surface area contributed by atoms with E-state index in [9.17, 15) is 0 Å². The molecule has 1 saturated carbocycles. The summed E-state index contributed by atoms with van der Waals surface area (Å²) < 4.78 is 12.7. The second-order valence-electron chi connectivity index (χ2n) is 12.3. The SMILES string of the molecule is CC(C)c1ccnc2c1OC[C@@H]1C/C(=C/C(C)(C)c3ccnc4c3OC[C@H]3CC5(CC5)CN43)CN21. The van der Waals surface area contributed by atoms with Crippen molar-refractivity contribution in [2.75, 3.05) is 36.1 Å². The van der Waals surface area contributed by atoms with Crippen LogP contribution < -0.4 is 19.3 Å². The van der Waals surface area contributed by atoms with Crippen LogP contribution in [0.5, 0.6) is 11.5 Å². The Hall–Kier alpha value is -2.76. The third kappa shape index (κ3) is 3.35. The van der Waals surface area contributed by atoms with Crippen molar-refractivity contribution in [3.63, 3.8) is 0 Å². The zero-order chi connectivity index (χ0) is 23.9. The first-order chi connectivity index (χ1) is 16.8. The highest BCUT2D eigenvalue weighted by molar-refractivity contribution is 5.64. The molecule has 2 atom stereocenters. The average molecular weight is 473 g/mol. The van der Waals surface area contributed by atoms with E-state index in [-0.39, 0.29) is 5.41 Å². The van der Waals surface area contributed by atoms with Gasteiger partial charge in [-0.3, -0.25) is 0 Å². The number of hydrogen-bond donors (Lipinski definition) is 0. The van der Waals surface area contributed by atoms with Crippen LogP contribution in [0.15, 0.2) is 36.2 Å². The van der Waals surface area contributed by atoms with Crippen LogP contribution in [0.3, 0.4) is 0 Å². The Bertz CT molecular complexity index is 1220. The summed E-state index contributed by atoms with van der Waals surface area (Å²) in [4.78, 5) is 14.5. The van der Waals surface area contributed by atoms with E-state index in [4.69, 9.17) is 19.4 Å². The Morgan fingerprint density at radius 2 is 1.71 bits per heavy atom. The zero-order valence-corrected chi connectivity index (χ0v) is 21.4. The molecule has 2 aromatic rings. The average Bonchev–Trinajstić information content (AvgIpc) is 3.29. The number of pyridine rings is 2. The number of allylic oxidation sites excluding steroid dienone is 1. The van der Waals surface area contributed by atoms with Gasteiger partial charge in [0.2, 0.25) is 0 Å². The van der Waals surface area contributed by atoms with Gasteiger partial charge in [-0.05, 0) is 49.1 Å². The lowest BCUT2D eigenvalue weighted by atomic mass is 9.82. The van der Waals surface area contributed by atoms with E-state index in [1.54, 1.807) is 0 Å². The van der Waals surface area contributed by atoms with Crippen molar-refractivity contribution in [2.24, 2.45) is 5.41 Å². The van der Waals surface area contributed by atoms with Crippen LogP contribution in [0, 0.1) is 5.41 Å². The topological polar surface area (TPSA) is 50.7 Å². The van der Waals surface area contributed by atoms with Crippen molar-refractivity contribution in [3.8, 4) is 11.5 Å². The molecule has 2 aromatic heterocycles. The number of nitrogens with zero attached hydrogens (tertiary/aromatic N) is 4. The molecule has 0 aromatic carbocycles. The Morgan fingerprint density at radius 1 is 1.00 bits per heavy atom. The van der Waals surface area contributed by atoms with Gasteiger partial charge in [-0.2, -0.15) is 0 Å². The van der Waals surface area contributed by atoms with Crippen LogP contribution in [0.1, 0.15) is 70.4 Å². The van der Waals surface area contributed by atoms with E-state index in [0.717, 1.165) is 55.9 Å². The van der Waals surface area contributed by atoms with Gasteiger partial charge in [0.05, 0.1) is 12.1 Å². The van der Waals surface area contributed by atoms with Crippen LogP contribution in [-0.4, -0.2) is 48.4 Å². The van der Waals surface area contributed by atoms with E-state index >= 15 is 0 Å². The molecule has 7 rings (SSSR count). The fourth-order valence-corrected chi connectivity index (χ4v) is 6.92. The molecular weight excluding hydrogens is 436 g/mol. The van der Waals surface area contributed by atoms with Crippen LogP contribution in [0.4, 0.5) is 11.6 Å². The highest BCUT2D eigenvalue weighted by Crippen LogP contribution is 2.57. The lowest BCUT2D eigenvalue weighted by Crippen LogP contribution is -2.39. The maximum atomic E-state index is 6.44. The Kier molecular flexibility index (Phi) is 4.53. The maximum absolute atomic E-state index is 6.44. The van der Waals surface area contributed by atoms with Gasteiger partial charge >= 0.3 is 0 Å². The predicted molar refractivity (Wildman–Crippen MR) is 138 cm³/mol. The molecule has 4 aliphatic heterocycles. The Balaban J connectivity index is 1.19. The number of rotatable bonds is 3. The quantitative estimate of drug-likeness (QED) is 0.571. The van der Waals surface area contributed by atoms with Gasteiger partial charge < -0.3 is 19.3 Å². The summed E-state index contributed by atoms with van der Waals surface area (Å²) in [5.74, 6) is 4.46. The summed E-state index contributed by atoms with van der Waals surface area (Å²) >= 11 is 0. The van der Waals surface area contributed by atoms with Gasteiger partial charge in [0, 0.05) is 42.0 Å². The van der Waals surface area contributed by atoms with Crippen molar-refractivity contribution >= 4 is 11.6 Å². The number of anilines is 2. The van der Waals surface area contributed by atoms with Crippen LogP contribution in [0.25, 0.3) is 0 Å². The summed E-state index contributed by atoms with van der Waals surface area (Å²) in [6.07, 6.45) is 11.4. The molecule has 3 fully saturated rings. The fraction of sp³-hybridized carbons (Fsp3) is 0.586. The highest BCUT2D eigenvalue weighted by Gasteiger charge is 2.54. The van der Waals surface area contributed by atoms with Crippen molar-refractivity contribution < 1.29 is 9.47 Å². The van der Waals surface area contributed by atoms with E-state index in [0.29, 0.717) is 23.4 Å².